The van der Waals surface area contributed by atoms with Crippen LogP contribution < -0.4 is 15.5 Å². The summed E-state index contributed by atoms with van der Waals surface area (Å²) in [5, 5.41) is 16.5. The van der Waals surface area contributed by atoms with Gasteiger partial charge in [0.05, 0.1) is 5.39 Å². The van der Waals surface area contributed by atoms with E-state index in [4.69, 9.17) is 9.97 Å². The minimum absolute atomic E-state index is 0.0282. The van der Waals surface area contributed by atoms with Gasteiger partial charge in [0.2, 0.25) is 11.9 Å². The summed E-state index contributed by atoms with van der Waals surface area (Å²) in [5.74, 6) is 2.25. The van der Waals surface area contributed by atoms with Gasteiger partial charge in [-0.25, -0.2) is 4.98 Å². The summed E-state index contributed by atoms with van der Waals surface area (Å²) < 4.78 is 0. The van der Waals surface area contributed by atoms with Crippen molar-refractivity contribution in [2.24, 2.45) is 0 Å². The summed E-state index contributed by atoms with van der Waals surface area (Å²) in [4.78, 5) is 23.9. The molecule has 0 spiro atoms. The fraction of sp³-hybridized carbons (Fsp3) is 0.412. The topological polar surface area (TPSA) is 98.8 Å². The van der Waals surface area contributed by atoms with Crippen molar-refractivity contribution in [2.75, 3.05) is 23.3 Å². The van der Waals surface area contributed by atoms with E-state index in [1.54, 1.807) is 18.3 Å². The second kappa shape index (κ2) is 6.91. The zero-order valence-electron chi connectivity index (χ0n) is 14.7. The van der Waals surface area contributed by atoms with Gasteiger partial charge in [0, 0.05) is 37.8 Å². The van der Waals surface area contributed by atoms with E-state index in [1.807, 2.05) is 24.4 Å². The van der Waals surface area contributed by atoms with E-state index in [-0.39, 0.29) is 11.9 Å². The predicted molar refractivity (Wildman–Crippen MR) is 103 cm³/mol. The highest BCUT2D eigenvalue weighted by Crippen LogP contribution is 2.30. The first-order valence-electron chi connectivity index (χ1n) is 8.65. The molecule has 1 aliphatic rings. The lowest BCUT2D eigenvalue weighted by Crippen LogP contribution is -2.44. The first-order chi connectivity index (χ1) is 12.6. The molecule has 9 heteroatoms. The number of carbonyl (C=O) groups is 1. The number of aromatic nitrogens is 4. The molecule has 1 saturated heterocycles. The fourth-order valence-corrected chi connectivity index (χ4v) is 3.95. The zero-order valence-corrected chi connectivity index (χ0v) is 15.6. The molecule has 0 unspecified atom stereocenters. The molecule has 0 atom stereocenters. The molecular formula is C17H21N7OS. The summed E-state index contributed by atoms with van der Waals surface area (Å²) >= 11 is 1.60. The molecule has 4 heterocycles. The van der Waals surface area contributed by atoms with Crippen LogP contribution in [0, 0.1) is 6.92 Å². The van der Waals surface area contributed by atoms with Gasteiger partial charge >= 0.3 is 0 Å². The van der Waals surface area contributed by atoms with Gasteiger partial charge in [0.1, 0.15) is 10.6 Å². The number of hydrogen-bond acceptors (Lipinski definition) is 7. The maximum atomic E-state index is 11.2. The quantitative estimate of drug-likeness (QED) is 0.652. The van der Waals surface area contributed by atoms with E-state index >= 15 is 0 Å². The Morgan fingerprint density at radius 3 is 2.85 bits per heavy atom. The number of fused-ring (bicyclic) bond motifs is 1. The molecular weight excluding hydrogens is 350 g/mol. The maximum Gasteiger partial charge on any atom is 0.228 e. The molecule has 3 N–H and O–H groups in total. The number of thiophene rings is 1. The number of piperidine rings is 1. The van der Waals surface area contributed by atoms with Gasteiger partial charge < -0.3 is 15.5 Å². The lowest BCUT2D eigenvalue weighted by Gasteiger charge is -2.32. The minimum atomic E-state index is 0.0282. The Morgan fingerprint density at radius 2 is 2.15 bits per heavy atom. The van der Waals surface area contributed by atoms with Crippen molar-refractivity contribution >= 4 is 45.0 Å². The van der Waals surface area contributed by atoms with E-state index < -0.39 is 0 Å². The van der Waals surface area contributed by atoms with Crippen molar-refractivity contribution in [2.45, 2.75) is 32.7 Å². The summed E-state index contributed by atoms with van der Waals surface area (Å²) in [6.07, 6.45) is 1.79. The maximum absolute atomic E-state index is 11.2. The molecule has 3 aromatic heterocycles. The first-order valence-corrected chi connectivity index (χ1v) is 9.53. The molecule has 0 saturated carbocycles. The van der Waals surface area contributed by atoms with Crippen LogP contribution in [0.2, 0.25) is 0 Å². The number of hydrogen-bond donors (Lipinski definition) is 3. The average molecular weight is 371 g/mol. The fourth-order valence-electron chi connectivity index (χ4n) is 3.20. The van der Waals surface area contributed by atoms with Crippen molar-refractivity contribution < 1.29 is 4.79 Å². The summed E-state index contributed by atoms with van der Waals surface area (Å²) in [6, 6.07) is 4.20. The number of anilines is 3. The van der Waals surface area contributed by atoms with Gasteiger partial charge in [0.25, 0.3) is 0 Å². The van der Waals surface area contributed by atoms with Crippen LogP contribution in [0.3, 0.4) is 0 Å². The highest BCUT2D eigenvalue weighted by molar-refractivity contribution is 7.16. The summed E-state index contributed by atoms with van der Waals surface area (Å²) in [7, 11) is 0. The minimum Gasteiger partial charge on any atom is -0.353 e. The molecule has 0 aromatic carbocycles. The molecule has 4 rings (SSSR count). The van der Waals surface area contributed by atoms with Gasteiger partial charge in [-0.3, -0.25) is 9.89 Å². The number of nitrogens with zero attached hydrogens (tertiary/aromatic N) is 4. The predicted octanol–water partition coefficient (Wildman–Crippen LogP) is 2.57. The largest absolute Gasteiger partial charge is 0.353 e. The summed E-state index contributed by atoms with van der Waals surface area (Å²) in [6.45, 7) is 5.17. The number of aryl methyl sites for hydroxylation is 1. The Hall–Kier alpha value is -2.68. The van der Waals surface area contributed by atoms with Crippen LogP contribution in [0.25, 0.3) is 10.2 Å². The van der Waals surface area contributed by atoms with Crippen LogP contribution >= 0.6 is 11.3 Å². The third-order valence-electron chi connectivity index (χ3n) is 4.45. The molecule has 0 bridgehead atoms. The summed E-state index contributed by atoms with van der Waals surface area (Å²) in [5.41, 5.74) is 0.989. The standard InChI is InChI=1S/C17H21N7OS/c1-10-9-14(23-22-10)19-15-13-5-8-26-16(13)21-17(20-15)24-6-3-12(4-7-24)18-11(2)25/h5,8-9,12H,3-4,6-7H2,1-2H3,(H,18,25)(H2,19,20,21,22,23). The molecule has 1 aliphatic heterocycles. The monoisotopic (exact) mass is 371 g/mol. The van der Waals surface area contributed by atoms with E-state index in [0.29, 0.717) is 0 Å². The average Bonchev–Trinajstić information content (AvgIpc) is 3.24. The van der Waals surface area contributed by atoms with Crippen molar-refractivity contribution in [3.05, 3.63) is 23.2 Å². The Morgan fingerprint density at radius 1 is 1.35 bits per heavy atom. The van der Waals surface area contributed by atoms with Crippen LogP contribution in [-0.4, -0.2) is 45.2 Å². The number of carbonyl (C=O) groups excluding carboxylic acids is 1. The van der Waals surface area contributed by atoms with Crippen LogP contribution in [0.1, 0.15) is 25.5 Å². The highest BCUT2D eigenvalue weighted by Gasteiger charge is 2.23. The Labute approximate surface area is 155 Å². The lowest BCUT2D eigenvalue weighted by atomic mass is 10.1. The molecule has 1 fully saturated rings. The first kappa shape index (κ1) is 16.8. The second-order valence-electron chi connectivity index (χ2n) is 6.53. The van der Waals surface area contributed by atoms with Gasteiger partial charge in [-0.2, -0.15) is 10.1 Å². The van der Waals surface area contributed by atoms with Gasteiger partial charge in [0.15, 0.2) is 5.82 Å². The zero-order chi connectivity index (χ0) is 18.1. The van der Waals surface area contributed by atoms with Crippen LogP contribution in [0.5, 0.6) is 0 Å². The van der Waals surface area contributed by atoms with Crippen LogP contribution in [0.15, 0.2) is 17.5 Å². The van der Waals surface area contributed by atoms with Crippen molar-refractivity contribution in [1.29, 1.82) is 0 Å². The van der Waals surface area contributed by atoms with Crippen molar-refractivity contribution in [1.82, 2.24) is 25.5 Å². The third-order valence-corrected chi connectivity index (χ3v) is 5.26. The molecule has 0 radical (unpaired) electrons. The molecule has 8 nitrogen and oxygen atoms in total. The molecule has 3 aromatic rings. The van der Waals surface area contributed by atoms with E-state index in [1.165, 1.54) is 0 Å². The van der Waals surface area contributed by atoms with E-state index in [2.05, 4.69) is 25.7 Å². The molecule has 26 heavy (non-hydrogen) atoms. The third kappa shape index (κ3) is 3.48. The lowest BCUT2D eigenvalue weighted by molar-refractivity contribution is -0.119. The normalized spacial score (nSPS) is 15.4. The number of aromatic amines is 1. The van der Waals surface area contributed by atoms with Gasteiger partial charge in [-0.05, 0) is 31.2 Å². The van der Waals surface area contributed by atoms with Crippen molar-refractivity contribution in [3.8, 4) is 0 Å². The van der Waals surface area contributed by atoms with E-state index in [0.717, 1.165) is 59.4 Å². The van der Waals surface area contributed by atoms with Crippen molar-refractivity contribution in [3.63, 3.8) is 0 Å². The number of H-pyrrole nitrogens is 1. The van der Waals surface area contributed by atoms with E-state index in [9.17, 15) is 4.79 Å². The SMILES string of the molecule is CC(=O)NC1CCN(c2nc(Nc3cc(C)[nH]n3)c3ccsc3n2)CC1. The molecule has 1 amide bonds. The Balaban J connectivity index is 1.57. The van der Waals surface area contributed by atoms with Gasteiger partial charge in [-0.1, -0.05) is 0 Å². The smallest absolute Gasteiger partial charge is 0.228 e. The number of rotatable bonds is 4. The van der Waals surface area contributed by atoms with Crippen LogP contribution in [0.4, 0.5) is 17.6 Å². The van der Waals surface area contributed by atoms with Gasteiger partial charge in [-0.15, -0.1) is 11.3 Å². The Kier molecular flexibility index (Phi) is 4.46. The molecule has 136 valence electrons. The number of amides is 1. The second-order valence-corrected chi connectivity index (χ2v) is 7.43. The van der Waals surface area contributed by atoms with Crippen LogP contribution in [-0.2, 0) is 4.79 Å². The highest BCUT2D eigenvalue weighted by atomic mass is 32.1. The molecule has 0 aliphatic carbocycles. The Bertz CT molecular complexity index is 926. The number of nitrogens with one attached hydrogen (secondary N) is 3.